The second kappa shape index (κ2) is 9.26. The summed E-state index contributed by atoms with van der Waals surface area (Å²) in [5, 5.41) is 0.536. The molecule has 1 aliphatic heterocycles. The molecule has 2 atom stereocenters. The highest BCUT2D eigenvalue weighted by Gasteiger charge is 2.29. The Morgan fingerprint density at radius 3 is 2.69 bits per heavy atom. The molecule has 3 heterocycles. The highest BCUT2D eigenvalue weighted by molar-refractivity contribution is 7.80. The molecule has 1 saturated heterocycles. The Bertz CT molecular complexity index is 1510. The van der Waals surface area contributed by atoms with Crippen molar-refractivity contribution in [3.05, 3.63) is 81.1 Å². The van der Waals surface area contributed by atoms with Crippen LogP contribution in [0, 0.1) is 12.7 Å². The van der Waals surface area contributed by atoms with Crippen molar-refractivity contribution in [2.45, 2.75) is 31.0 Å². The van der Waals surface area contributed by atoms with Crippen molar-refractivity contribution in [1.82, 2.24) is 14.5 Å². The van der Waals surface area contributed by atoms with Crippen molar-refractivity contribution in [2.24, 2.45) is 7.05 Å². The number of thiol groups is 1. The van der Waals surface area contributed by atoms with Crippen LogP contribution in [0.3, 0.4) is 0 Å². The number of fused-ring (bicyclic) bond motifs is 1. The van der Waals surface area contributed by atoms with E-state index in [1.54, 1.807) is 32.2 Å². The molecule has 2 aromatic carbocycles. The molecule has 9 heteroatoms. The second-order valence-electron chi connectivity index (χ2n) is 8.81. The first-order valence-electron chi connectivity index (χ1n) is 11.2. The highest BCUT2D eigenvalue weighted by Crippen LogP contribution is 2.34. The first kappa shape index (κ1) is 23.8. The fourth-order valence-electron chi connectivity index (χ4n) is 4.47. The minimum Gasteiger partial charge on any atom is -0.367 e. The Morgan fingerprint density at radius 1 is 1.14 bits per heavy atom. The summed E-state index contributed by atoms with van der Waals surface area (Å²) < 4.78 is 22.7. The number of aryl methyl sites for hydroxylation is 1. The van der Waals surface area contributed by atoms with Gasteiger partial charge in [-0.2, -0.15) is 0 Å². The van der Waals surface area contributed by atoms with Crippen LogP contribution in [0.25, 0.3) is 22.2 Å². The van der Waals surface area contributed by atoms with Gasteiger partial charge < -0.3 is 9.64 Å². The van der Waals surface area contributed by atoms with Gasteiger partial charge in [-0.1, -0.05) is 23.7 Å². The Hall–Kier alpha value is -2.94. The number of rotatable bonds is 3. The van der Waals surface area contributed by atoms with Gasteiger partial charge in [0.15, 0.2) is 0 Å². The molecular formula is C26H24ClFN4O2S. The van der Waals surface area contributed by atoms with E-state index in [1.807, 2.05) is 31.2 Å². The summed E-state index contributed by atoms with van der Waals surface area (Å²) in [5.41, 5.74) is 1.64. The molecule has 0 amide bonds. The number of morpholine rings is 1. The number of hydrogen-bond donors (Lipinski definition) is 1. The predicted molar refractivity (Wildman–Crippen MR) is 139 cm³/mol. The Labute approximate surface area is 212 Å². The van der Waals surface area contributed by atoms with Gasteiger partial charge in [0.2, 0.25) is 0 Å². The number of benzene rings is 2. The lowest BCUT2D eigenvalue weighted by atomic mass is 10.0. The molecule has 180 valence electrons. The third kappa shape index (κ3) is 4.53. The van der Waals surface area contributed by atoms with E-state index in [0.717, 1.165) is 10.5 Å². The summed E-state index contributed by atoms with van der Waals surface area (Å²) in [5.74, 6) is 0.607. The molecule has 0 radical (unpaired) electrons. The third-order valence-corrected chi connectivity index (χ3v) is 6.80. The first-order valence-corrected chi connectivity index (χ1v) is 12.1. The van der Waals surface area contributed by atoms with Crippen LogP contribution < -0.4 is 10.5 Å². The van der Waals surface area contributed by atoms with Gasteiger partial charge in [-0.3, -0.25) is 9.36 Å². The fourth-order valence-corrected chi connectivity index (χ4v) is 4.86. The third-order valence-electron chi connectivity index (χ3n) is 6.28. The van der Waals surface area contributed by atoms with Crippen molar-refractivity contribution in [1.29, 1.82) is 0 Å². The molecule has 0 spiro atoms. The minimum absolute atomic E-state index is 0.0797. The number of pyridine rings is 1. The summed E-state index contributed by atoms with van der Waals surface area (Å²) in [7, 11) is 1.64. The second-order valence-corrected chi connectivity index (χ2v) is 9.76. The average molecular weight is 511 g/mol. The van der Waals surface area contributed by atoms with Crippen molar-refractivity contribution < 1.29 is 9.13 Å². The smallest absolute Gasteiger partial charge is 0.263 e. The SMILES string of the molecule is Cc1nc2cc(N3C[C@@H](C)O[C@@H](c4cccc(S)c4)C3)nc(-c3ccc(Cl)cc3F)c2c(=O)n1C. The van der Waals surface area contributed by atoms with E-state index >= 15 is 4.39 Å². The van der Waals surface area contributed by atoms with E-state index in [0.29, 0.717) is 30.2 Å². The van der Waals surface area contributed by atoms with Crippen LogP contribution in [0.5, 0.6) is 0 Å². The zero-order chi connectivity index (χ0) is 24.9. The summed E-state index contributed by atoms with van der Waals surface area (Å²) >= 11 is 10.4. The largest absolute Gasteiger partial charge is 0.367 e. The molecule has 6 nitrogen and oxygen atoms in total. The van der Waals surface area contributed by atoms with Crippen molar-refractivity contribution in [3.8, 4) is 11.3 Å². The van der Waals surface area contributed by atoms with Crippen molar-refractivity contribution >= 4 is 41.0 Å². The first-order chi connectivity index (χ1) is 16.7. The van der Waals surface area contributed by atoms with E-state index < -0.39 is 5.82 Å². The zero-order valence-corrected chi connectivity index (χ0v) is 21.1. The summed E-state index contributed by atoms with van der Waals surface area (Å²) in [6, 6.07) is 14.0. The van der Waals surface area contributed by atoms with Crippen LogP contribution in [0.4, 0.5) is 10.2 Å². The van der Waals surface area contributed by atoms with Gasteiger partial charge in [-0.25, -0.2) is 14.4 Å². The number of ether oxygens (including phenoxy) is 1. The minimum atomic E-state index is -0.551. The van der Waals surface area contributed by atoms with Gasteiger partial charge >= 0.3 is 0 Å². The van der Waals surface area contributed by atoms with Crippen LogP contribution in [0.15, 0.2) is 58.2 Å². The van der Waals surface area contributed by atoms with Crippen LogP contribution in [-0.2, 0) is 11.8 Å². The molecule has 0 saturated carbocycles. The average Bonchev–Trinajstić information content (AvgIpc) is 2.81. The van der Waals surface area contributed by atoms with Crippen LogP contribution >= 0.6 is 24.2 Å². The van der Waals surface area contributed by atoms with E-state index in [-0.39, 0.29) is 39.4 Å². The fraction of sp³-hybridized carbons (Fsp3) is 0.269. The molecule has 35 heavy (non-hydrogen) atoms. The van der Waals surface area contributed by atoms with Crippen molar-refractivity contribution in [2.75, 3.05) is 18.0 Å². The molecule has 2 aromatic heterocycles. The zero-order valence-electron chi connectivity index (χ0n) is 19.5. The van der Waals surface area contributed by atoms with Gasteiger partial charge in [-0.05, 0) is 49.7 Å². The maximum absolute atomic E-state index is 15.0. The summed E-state index contributed by atoms with van der Waals surface area (Å²) in [4.78, 5) is 25.6. The Balaban J connectivity index is 1.68. The lowest BCUT2D eigenvalue weighted by molar-refractivity contribution is -0.0176. The van der Waals surface area contributed by atoms with Gasteiger partial charge in [0.05, 0.1) is 22.7 Å². The number of nitrogens with zero attached hydrogens (tertiary/aromatic N) is 4. The molecule has 4 aromatic rings. The van der Waals surface area contributed by atoms with Crippen LogP contribution in [-0.4, -0.2) is 33.7 Å². The summed E-state index contributed by atoms with van der Waals surface area (Å²) in [6.07, 6.45) is -0.277. The molecule has 0 aliphatic carbocycles. The normalized spacial score (nSPS) is 18.3. The Kier molecular flexibility index (Phi) is 6.29. The van der Waals surface area contributed by atoms with Crippen molar-refractivity contribution in [3.63, 3.8) is 0 Å². The molecular weight excluding hydrogens is 487 g/mol. The lowest BCUT2D eigenvalue weighted by Gasteiger charge is -2.38. The standard InChI is InChI=1S/C26H24ClFN4O2S/c1-14-12-32(13-22(34-14)16-5-4-6-18(35)9-16)23-11-21-24(26(33)31(3)15(2)29-21)25(30-23)19-8-7-17(27)10-20(19)28/h4-11,14,22,35H,12-13H2,1-3H3/t14-,22-/m1/s1. The molecule has 1 aliphatic rings. The maximum atomic E-state index is 15.0. The van der Waals surface area contributed by atoms with E-state index in [1.165, 1.54) is 10.6 Å². The highest BCUT2D eigenvalue weighted by atomic mass is 35.5. The van der Waals surface area contributed by atoms with Gasteiger partial charge in [-0.15, -0.1) is 12.6 Å². The molecule has 0 unspecified atom stereocenters. The number of halogens is 2. The van der Waals surface area contributed by atoms with E-state index in [4.69, 9.17) is 21.3 Å². The Morgan fingerprint density at radius 2 is 1.94 bits per heavy atom. The molecule has 0 bridgehead atoms. The van der Waals surface area contributed by atoms with E-state index in [2.05, 4.69) is 22.5 Å². The predicted octanol–water partition coefficient (Wildman–Crippen LogP) is 5.35. The monoisotopic (exact) mass is 510 g/mol. The van der Waals surface area contributed by atoms with E-state index in [9.17, 15) is 4.79 Å². The molecule has 1 fully saturated rings. The topological polar surface area (TPSA) is 60.2 Å². The van der Waals surface area contributed by atoms with Crippen LogP contribution in [0.1, 0.15) is 24.4 Å². The number of anilines is 1. The van der Waals surface area contributed by atoms with Gasteiger partial charge in [0.25, 0.3) is 5.56 Å². The van der Waals surface area contributed by atoms with Crippen LogP contribution in [0.2, 0.25) is 5.02 Å². The van der Waals surface area contributed by atoms with Gasteiger partial charge in [0.1, 0.15) is 23.6 Å². The van der Waals surface area contributed by atoms with Gasteiger partial charge in [0, 0.05) is 41.7 Å². The molecule has 5 rings (SSSR count). The number of hydrogen-bond acceptors (Lipinski definition) is 6. The quantitative estimate of drug-likeness (QED) is 0.376. The molecule has 0 N–H and O–H groups in total. The maximum Gasteiger partial charge on any atom is 0.263 e. The lowest BCUT2D eigenvalue weighted by Crippen LogP contribution is -2.43. The number of aromatic nitrogens is 3. The summed E-state index contributed by atoms with van der Waals surface area (Å²) in [6.45, 7) is 4.89.